The van der Waals surface area contributed by atoms with Crippen LogP contribution < -0.4 is 26.4 Å². The predicted octanol–water partition coefficient (Wildman–Crippen LogP) is 1.41. The molecular formula is C23H28FN5O5. The number of aliphatic hydroxyl groups is 1. The topological polar surface area (TPSA) is 152 Å². The molecule has 1 saturated heterocycles. The third-order valence-corrected chi connectivity index (χ3v) is 5.03. The lowest BCUT2D eigenvalue weighted by Crippen LogP contribution is -2.55. The van der Waals surface area contributed by atoms with Crippen LogP contribution in [0.25, 0.3) is 0 Å². The Morgan fingerprint density at radius 2 is 2.15 bits per heavy atom. The number of amides is 2. The van der Waals surface area contributed by atoms with Crippen LogP contribution in [-0.4, -0.2) is 54.7 Å². The van der Waals surface area contributed by atoms with E-state index in [2.05, 4.69) is 10.3 Å². The average molecular weight is 474 g/mol. The Morgan fingerprint density at radius 1 is 1.38 bits per heavy atom. The van der Waals surface area contributed by atoms with E-state index in [1.165, 1.54) is 23.1 Å². The van der Waals surface area contributed by atoms with Gasteiger partial charge in [-0.2, -0.15) is 0 Å². The molecule has 2 unspecified atom stereocenters. The number of hydrogen-bond donors (Lipinski definition) is 4. The van der Waals surface area contributed by atoms with Crippen LogP contribution in [0.2, 0.25) is 0 Å². The number of benzene rings is 2. The quantitative estimate of drug-likeness (QED) is 0.257. The summed E-state index contributed by atoms with van der Waals surface area (Å²) in [6, 6.07) is 8.54. The number of halogens is 1. The third kappa shape index (κ3) is 5.80. The van der Waals surface area contributed by atoms with Gasteiger partial charge in [0.1, 0.15) is 11.6 Å². The van der Waals surface area contributed by atoms with Crippen molar-refractivity contribution in [1.82, 2.24) is 0 Å². The van der Waals surface area contributed by atoms with E-state index in [9.17, 15) is 19.1 Å². The molecule has 2 atom stereocenters. The Kier molecular flexibility index (Phi) is 8.03. The van der Waals surface area contributed by atoms with Gasteiger partial charge in [-0.1, -0.05) is 0 Å². The molecule has 11 heteroatoms. The SMILES string of the molecule is CC(C)Oc1ccc(F)cc1N1CCOC(C(O)C(=O)Nc2ccc(N)c(CN=CN)c2)C1=O. The number of hydrogen-bond acceptors (Lipinski definition) is 7. The molecule has 0 aromatic heterocycles. The maximum atomic E-state index is 14.0. The van der Waals surface area contributed by atoms with Crippen molar-refractivity contribution in [3.05, 3.63) is 47.8 Å². The molecule has 1 aliphatic heterocycles. The molecule has 2 amide bonds. The second-order valence-corrected chi connectivity index (χ2v) is 7.90. The zero-order chi connectivity index (χ0) is 24.8. The highest BCUT2D eigenvalue weighted by Crippen LogP contribution is 2.32. The molecule has 6 N–H and O–H groups in total. The zero-order valence-electron chi connectivity index (χ0n) is 18.9. The van der Waals surface area contributed by atoms with Crippen LogP contribution in [-0.2, 0) is 20.9 Å². The number of nitrogen functional groups attached to an aromatic ring is 1. The van der Waals surface area contributed by atoms with Gasteiger partial charge in [0.15, 0.2) is 12.2 Å². The summed E-state index contributed by atoms with van der Waals surface area (Å²) < 4.78 is 25.1. The van der Waals surface area contributed by atoms with E-state index in [1.54, 1.807) is 32.0 Å². The summed E-state index contributed by atoms with van der Waals surface area (Å²) in [6.45, 7) is 3.95. The Balaban J connectivity index is 1.77. The minimum absolute atomic E-state index is 0.0293. The molecule has 0 spiro atoms. The number of aliphatic hydroxyl groups excluding tert-OH is 1. The van der Waals surface area contributed by atoms with Gasteiger partial charge in [-0.3, -0.25) is 14.6 Å². The van der Waals surface area contributed by atoms with Crippen molar-refractivity contribution >= 4 is 35.2 Å². The van der Waals surface area contributed by atoms with Gasteiger partial charge in [0.25, 0.3) is 11.8 Å². The minimum Gasteiger partial charge on any atom is -0.489 e. The van der Waals surface area contributed by atoms with Crippen LogP contribution >= 0.6 is 0 Å². The molecule has 1 aliphatic rings. The average Bonchev–Trinajstić information content (AvgIpc) is 2.80. The molecule has 10 nitrogen and oxygen atoms in total. The second kappa shape index (κ2) is 10.9. The lowest BCUT2D eigenvalue weighted by Gasteiger charge is -2.35. The largest absolute Gasteiger partial charge is 0.489 e. The fourth-order valence-corrected chi connectivity index (χ4v) is 3.45. The lowest BCUT2D eigenvalue weighted by molar-refractivity contribution is -0.150. The first-order valence-corrected chi connectivity index (χ1v) is 10.7. The number of rotatable bonds is 8. The van der Waals surface area contributed by atoms with E-state index < -0.39 is 29.8 Å². The number of carbonyl (C=O) groups is 2. The van der Waals surface area contributed by atoms with E-state index in [4.69, 9.17) is 20.9 Å². The number of nitrogens with zero attached hydrogens (tertiary/aromatic N) is 2. The molecule has 0 saturated carbocycles. The Bertz CT molecular complexity index is 1080. The predicted molar refractivity (Wildman–Crippen MR) is 126 cm³/mol. The van der Waals surface area contributed by atoms with Crippen molar-refractivity contribution in [2.24, 2.45) is 10.7 Å². The number of morpholine rings is 1. The van der Waals surface area contributed by atoms with Crippen molar-refractivity contribution < 1.29 is 28.6 Å². The summed E-state index contributed by atoms with van der Waals surface area (Å²) in [6.07, 6.45) is -2.38. The summed E-state index contributed by atoms with van der Waals surface area (Å²) >= 11 is 0. The van der Waals surface area contributed by atoms with Crippen molar-refractivity contribution in [3.8, 4) is 5.75 Å². The Hall–Kier alpha value is -3.70. The van der Waals surface area contributed by atoms with Gasteiger partial charge in [0, 0.05) is 24.0 Å². The minimum atomic E-state index is -1.82. The van der Waals surface area contributed by atoms with E-state index in [0.29, 0.717) is 22.7 Å². The summed E-state index contributed by atoms with van der Waals surface area (Å²) in [5, 5.41) is 13.2. The van der Waals surface area contributed by atoms with E-state index in [0.717, 1.165) is 6.34 Å². The monoisotopic (exact) mass is 473 g/mol. The van der Waals surface area contributed by atoms with E-state index in [-0.39, 0.29) is 31.5 Å². The molecule has 2 aromatic carbocycles. The fourth-order valence-electron chi connectivity index (χ4n) is 3.45. The lowest BCUT2D eigenvalue weighted by atomic mass is 10.1. The van der Waals surface area contributed by atoms with Crippen molar-refractivity contribution in [3.63, 3.8) is 0 Å². The first-order chi connectivity index (χ1) is 16.2. The van der Waals surface area contributed by atoms with Gasteiger partial charge in [0.05, 0.1) is 31.3 Å². The van der Waals surface area contributed by atoms with Gasteiger partial charge in [-0.25, -0.2) is 4.39 Å². The van der Waals surface area contributed by atoms with E-state index >= 15 is 0 Å². The Labute approximate surface area is 196 Å². The Morgan fingerprint density at radius 3 is 2.85 bits per heavy atom. The fraction of sp³-hybridized carbons (Fsp3) is 0.348. The maximum Gasteiger partial charge on any atom is 0.259 e. The molecule has 0 aliphatic carbocycles. The van der Waals surface area contributed by atoms with Crippen molar-refractivity contribution in [2.75, 3.05) is 29.1 Å². The van der Waals surface area contributed by atoms with Crippen molar-refractivity contribution in [1.29, 1.82) is 0 Å². The number of anilines is 3. The summed E-state index contributed by atoms with van der Waals surface area (Å²) in [5.74, 6) is -1.79. The highest BCUT2D eigenvalue weighted by molar-refractivity contribution is 6.04. The van der Waals surface area contributed by atoms with Crippen LogP contribution in [0.1, 0.15) is 19.4 Å². The van der Waals surface area contributed by atoms with Crippen LogP contribution in [0.15, 0.2) is 41.4 Å². The molecule has 182 valence electrons. The maximum absolute atomic E-state index is 14.0. The van der Waals surface area contributed by atoms with Crippen molar-refractivity contribution in [2.45, 2.75) is 38.7 Å². The molecule has 34 heavy (non-hydrogen) atoms. The van der Waals surface area contributed by atoms with Crippen LogP contribution in [0.3, 0.4) is 0 Å². The van der Waals surface area contributed by atoms with Gasteiger partial charge < -0.3 is 36.3 Å². The van der Waals surface area contributed by atoms with Gasteiger partial charge in [0.2, 0.25) is 0 Å². The molecule has 3 rings (SSSR count). The summed E-state index contributed by atoms with van der Waals surface area (Å²) in [4.78, 5) is 31.0. The first kappa shape index (κ1) is 24.9. The van der Waals surface area contributed by atoms with Gasteiger partial charge in [-0.15, -0.1) is 0 Å². The number of carbonyl (C=O) groups excluding carboxylic acids is 2. The highest BCUT2D eigenvalue weighted by atomic mass is 19.1. The molecule has 0 radical (unpaired) electrons. The summed E-state index contributed by atoms with van der Waals surface area (Å²) in [5.41, 5.74) is 12.8. The van der Waals surface area contributed by atoms with E-state index in [1.807, 2.05) is 0 Å². The van der Waals surface area contributed by atoms with Crippen LogP contribution in [0, 0.1) is 5.82 Å². The second-order valence-electron chi connectivity index (χ2n) is 7.90. The highest BCUT2D eigenvalue weighted by Gasteiger charge is 2.40. The molecular weight excluding hydrogens is 445 g/mol. The number of ether oxygens (including phenoxy) is 2. The third-order valence-electron chi connectivity index (χ3n) is 5.03. The van der Waals surface area contributed by atoms with Crippen LogP contribution in [0.4, 0.5) is 21.5 Å². The normalized spacial score (nSPS) is 17.3. The van der Waals surface area contributed by atoms with Gasteiger partial charge in [-0.05, 0) is 49.7 Å². The molecule has 2 aromatic rings. The number of nitrogens with one attached hydrogen (secondary N) is 1. The zero-order valence-corrected chi connectivity index (χ0v) is 18.9. The number of nitrogens with two attached hydrogens (primary N) is 2. The standard InChI is InChI=1S/C23H28FN5O5/c1-13(2)34-19-6-3-15(24)10-18(19)29-7-8-33-21(23(29)32)20(30)22(31)28-16-4-5-17(26)14(9-16)11-27-12-25/h3-6,9-10,12-13,20-21,30H,7-8,11,26H2,1-2H3,(H2,25,27)(H,28,31). The van der Waals surface area contributed by atoms with Crippen LogP contribution in [0.5, 0.6) is 5.75 Å². The first-order valence-electron chi connectivity index (χ1n) is 10.7. The molecule has 1 heterocycles. The smallest absolute Gasteiger partial charge is 0.259 e. The molecule has 0 bridgehead atoms. The summed E-state index contributed by atoms with van der Waals surface area (Å²) in [7, 11) is 0. The molecule has 1 fully saturated rings. The van der Waals surface area contributed by atoms with Gasteiger partial charge >= 0.3 is 0 Å². The number of aliphatic imine (C=N–C) groups is 1.